The van der Waals surface area contributed by atoms with Crippen molar-refractivity contribution >= 4 is 17.5 Å². The molecule has 180 valence electrons. The summed E-state index contributed by atoms with van der Waals surface area (Å²) in [6, 6.07) is 1.56. The molecule has 4 aliphatic rings. The predicted octanol–water partition coefficient (Wildman–Crippen LogP) is -0.133. The highest BCUT2D eigenvalue weighted by Gasteiger charge is 2.35. The third-order valence-electron chi connectivity index (χ3n) is 6.40. The monoisotopic (exact) mass is 469 g/mol. The van der Waals surface area contributed by atoms with Gasteiger partial charge in [-0.2, -0.15) is 0 Å². The Labute approximate surface area is 196 Å². The van der Waals surface area contributed by atoms with Gasteiger partial charge in [-0.15, -0.1) is 0 Å². The number of carbonyl (C=O) groups excluding carboxylic acids is 2. The fourth-order valence-corrected chi connectivity index (χ4v) is 4.41. The van der Waals surface area contributed by atoms with E-state index in [4.69, 9.17) is 19.4 Å². The fraction of sp³-hybridized carbons (Fsp3) is 0.522. The van der Waals surface area contributed by atoms with E-state index in [-0.39, 0.29) is 48.5 Å². The molecule has 3 N–H and O–H groups in total. The van der Waals surface area contributed by atoms with Crippen molar-refractivity contribution in [2.75, 3.05) is 26.4 Å². The number of carbonyl (C=O) groups is 2. The van der Waals surface area contributed by atoms with Crippen molar-refractivity contribution in [2.45, 2.75) is 43.6 Å². The number of aromatic nitrogens is 2. The topological polar surface area (TPSA) is 144 Å². The van der Waals surface area contributed by atoms with Gasteiger partial charge in [-0.25, -0.2) is 9.97 Å². The lowest BCUT2D eigenvalue weighted by Gasteiger charge is -2.31. The predicted molar refractivity (Wildman–Crippen MR) is 119 cm³/mol. The lowest BCUT2D eigenvalue weighted by atomic mass is 9.85. The van der Waals surface area contributed by atoms with Crippen LogP contribution in [0.5, 0.6) is 0 Å². The molecule has 0 bridgehead atoms. The second kappa shape index (κ2) is 10.00. The number of aliphatic hydroxyl groups excluding tert-OH is 1. The largest absolute Gasteiger partial charge is 0.394 e. The van der Waals surface area contributed by atoms with Crippen molar-refractivity contribution < 1.29 is 29.0 Å². The Kier molecular flexibility index (Phi) is 6.66. The Hall–Kier alpha value is -3.15. The average molecular weight is 469 g/mol. The van der Waals surface area contributed by atoms with Crippen molar-refractivity contribution in [3.05, 3.63) is 47.6 Å². The minimum Gasteiger partial charge on any atom is -0.394 e. The lowest BCUT2D eigenvalue weighted by molar-refractivity contribution is -0.178. The standard InChI is InChI=1S/C23H27N5O6/c29-9-15-10-33-21(11-32-15)20-7-18(28-34-20)17-6-19(26-12-25-17)23(31)24-8-13-1-2-14-3-4-22(30)27-16(14)5-13/h1-2,5-6,12,14-16,20-21,29H,3-4,7-11H2,(H,24,31)(H,27,30)/t14?,15-,16?,20+,21-/m1/s1. The Morgan fingerprint density at radius 3 is 2.97 bits per heavy atom. The summed E-state index contributed by atoms with van der Waals surface area (Å²) in [7, 11) is 0. The van der Waals surface area contributed by atoms with Crippen LogP contribution >= 0.6 is 0 Å². The molecular weight excluding hydrogens is 442 g/mol. The molecule has 11 heteroatoms. The summed E-state index contributed by atoms with van der Waals surface area (Å²) in [5.41, 5.74) is 2.27. The summed E-state index contributed by atoms with van der Waals surface area (Å²) in [5.74, 6) is 0.0343. The fourth-order valence-electron chi connectivity index (χ4n) is 4.41. The van der Waals surface area contributed by atoms with E-state index in [2.05, 4.69) is 31.8 Å². The first-order chi connectivity index (χ1) is 16.6. The van der Waals surface area contributed by atoms with E-state index < -0.39 is 0 Å². The molecule has 1 aliphatic carbocycles. The molecule has 0 radical (unpaired) electrons. The van der Waals surface area contributed by atoms with Crippen LogP contribution in [0.25, 0.3) is 0 Å². The van der Waals surface area contributed by atoms with Gasteiger partial charge in [0.05, 0.1) is 31.6 Å². The zero-order valence-corrected chi connectivity index (χ0v) is 18.6. The van der Waals surface area contributed by atoms with Gasteiger partial charge < -0.3 is 30.1 Å². The molecule has 1 aromatic rings. The minimum absolute atomic E-state index is 0.0230. The van der Waals surface area contributed by atoms with Crippen LogP contribution in [0.4, 0.5) is 0 Å². The van der Waals surface area contributed by atoms with Gasteiger partial charge >= 0.3 is 0 Å². The van der Waals surface area contributed by atoms with Crippen LogP contribution in [0, 0.1) is 5.92 Å². The van der Waals surface area contributed by atoms with Crippen LogP contribution in [0.2, 0.25) is 0 Å². The van der Waals surface area contributed by atoms with Crippen LogP contribution < -0.4 is 10.6 Å². The first-order valence-electron chi connectivity index (χ1n) is 11.4. The molecule has 2 saturated heterocycles. The smallest absolute Gasteiger partial charge is 0.270 e. The molecule has 4 heterocycles. The Bertz CT molecular complexity index is 1030. The van der Waals surface area contributed by atoms with E-state index in [9.17, 15) is 9.59 Å². The van der Waals surface area contributed by atoms with Crippen molar-refractivity contribution in [3.63, 3.8) is 0 Å². The van der Waals surface area contributed by atoms with Gasteiger partial charge in [0.25, 0.3) is 5.91 Å². The number of oxime groups is 1. The zero-order valence-electron chi connectivity index (χ0n) is 18.6. The average Bonchev–Trinajstić information content (AvgIpc) is 3.37. The number of fused-ring (bicyclic) bond motifs is 1. The number of hydrogen-bond acceptors (Lipinski definition) is 9. The van der Waals surface area contributed by atoms with Gasteiger partial charge in [0.15, 0.2) is 6.10 Å². The summed E-state index contributed by atoms with van der Waals surface area (Å²) >= 11 is 0. The quantitative estimate of drug-likeness (QED) is 0.523. The number of piperidine rings is 1. The highest BCUT2D eigenvalue weighted by Crippen LogP contribution is 2.25. The van der Waals surface area contributed by atoms with E-state index >= 15 is 0 Å². The van der Waals surface area contributed by atoms with E-state index in [0.717, 1.165) is 12.0 Å². The van der Waals surface area contributed by atoms with E-state index in [1.807, 2.05) is 12.2 Å². The number of rotatable bonds is 6. The molecule has 0 saturated carbocycles. The van der Waals surface area contributed by atoms with Crippen molar-refractivity contribution in [3.8, 4) is 0 Å². The van der Waals surface area contributed by atoms with Crippen LogP contribution in [0.3, 0.4) is 0 Å². The molecule has 5 atom stereocenters. The zero-order chi connectivity index (χ0) is 23.5. The molecule has 5 rings (SSSR count). The maximum Gasteiger partial charge on any atom is 0.270 e. The highest BCUT2D eigenvalue weighted by atomic mass is 16.7. The first-order valence-corrected chi connectivity index (χ1v) is 11.4. The molecule has 0 aromatic carbocycles. The van der Waals surface area contributed by atoms with Gasteiger partial charge in [0.1, 0.15) is 29.9 Å². The summed E-state index contributed by atoms with van der Waals surface area (Å²) < 4.78 is 11.3. The maximum absolute atomic E-state index is 12.7. The van der Waals surface area contributed by atoms with Gasteiger partial charge in [0.2, 0.25) is 5.91 Å². The first kappa shape index (κ1) is 22.6. The molecule has 2 fully saturated rings. The summed E-state index contributed by atoms with van der Waals surface area (Å²) in [6.07, 6.45) is 8.32. The molecule has 2 unspecified atom stereocenters. The number of hydrogen-bond donors (Lipinski definition) is 3. The van der Waals surface area contributed by atoms with Crippen molar-refractivity contribution in [1.82, 2.24) is 20.6 Å². The second-order valence-electron chi connectivity index (χ2n) is 8.76. The van der Waals surface area contributed by atoms with E-state index in [1.54, 1.807) is 6.07 Å². The third-order valence-corrected chi connectivity index (χ3v) is 6.40. The number of aliphatic hydroxyl groups is 1. The van der Waals surface area contributed by atoms with E-state index in [0.29, 0.717) is 49.9 Å². The third kappa shape index (κ3) is 5.01. The number of nitrogens with one attached hydrogen (secondary N) is 2. The molecule has 3 aliphatic heterocycles. The van der Waals surface area contributed by atoms with Crippen LogP contribution in [0.1, 0.15) is 35.4 Å². The SMILES string of the molecule is O=C1CCC2C=CC(CNC(=O)c3cc(C4=NO[C@H]([C@H]5CO[C@H](CO)CO5)C4)ncn3)=CC2N1. The Morgan fingerprint density at radius 1 is 1.24 bits per heavy atom. The molecule has 0 spiro atoms. The van der Waals surface area contributed by atoms with Gasteiger partial charge in [-0.1, -0.05) is 23.4 Å². The second-order valence-corrected chi connectivity index (χ2v) is 8.76. The van der Waals surface area contributed by atoms with Crippen molar-refractivity contribution in [2.24, 2.45) is 11.1 Å². The van der Waals surface area contributed by atoms with Crippen LogP contribution in [0.15, 0.2) is 41.4 Å². The van der Waals surface area contributed by atoms with Gasteiger partial charge in [-0.05, 0) is 18.1 Å². The minimum atomic E-state index is -0.331. The number of nitrogens with zero attached hydrogens (tertiary/aromatic N) is 3. The molecule has 2 amide bonds. The van der Waals surface area contributed by atoms with Gasteiger partial charge in [-0.3, -0.25) is 9.59 Å². The lowest BCUT2D eigenvalue weighted by Crippen LogP contribution is -2.44. The molecule has 34 heavy (non-hydrogen) atoms. The van der Waals surface area contributed by atoms with Gasteiger partial charge in [0, 0.05) is 25.3 Å². The Balaban J connectivity index is 1.16. The molecular formula is C23H27N5O6. The Morgan fingerprint density at radius 2 is 2.15 bits per heavy atom. The normalized spacial score (nSPS) is 30.5. The number of ether oxygens (including phenoxy) is 2. The number of amides is 2. The molecule has 1 aromatic heterocycles. The molecule has 11 nitrogen and oxygen atoms in total. The van der Waals surface area contributed by atoms with Crippen LogP contribution in [-0.2, 0) is 19.1 Å². The summed E-state index contributed by atoms with van der Waals surface area (Å²) in [5, 5.41) is 19.1. The van der Waals surface area contributed by atoms with E-state index in [1.165, 1.54) is 6.33 Å². The van der Waals surface area contributed by atoms with Crippen molar-refractivity contribution in [1.29, 1.82) is 0 Å². The van der Waals surface area contributed by atoms with Crippen LogP contribution in [-0.4, -0.2) is 83.3 Å². The highest BCUT2D eigenvalue weighted by molar-refractivity contribution is 6.01. The maximum atomic E-state index is 12.7. The summed E-state index contributed by atoms with van der Waals surface area (Å²) in [6.45, 7) is 0.851. The summed E-state index contributed by atoms with van der Waals surface area (Å²) in [4.78, 5) is 38.2.